The van der Waals surface area contributed by atoms with Crippen molar-refractivity contribution in [2.45, 2.75) is 25.3 Å². The zero-order valence-electron chi connectivity index (χ0n) is 13.8. The number of aromatic amines is 1. The topological polar surface area (TPSA) is 75.6 Å². The molecule has 128 valence electrons. The fraction of sp³-hybridized carbons (Fsp3) is 0.278. The number of aromatic nitrogens is 4. The summed E-state index contributed by atoms with van der Waals surface area (Å²) in [5.41, 5.74) is 2.65. The van der Waals surface area contributed by atoms with E-state index in [9.17, 15) is 9.18 Å². The quantitative estimate of drug-likeness (QED) is 0.769. The summed E-state index contributed by atoms with van der Waals surface area (Å²) in [6, 6.07) is 6.78. The van der Waals surface area contributed by atoms with Gasteiger partial charge in [0.1, 0.15) is 11.2 Å². The van der Waals surface area contributed by atoms with Crippen LogP contribution in [0.2, 0.25) is 0 Å². The second kappa shape index (κ2) is 6.16. The SMILES string of the molecule is Cn1ncc2c(=O)[nH]c(NC3CC=C(c4ccc(F)cc4)CC3)nc21. The molecule has 4 rings (SSSR count). The van der Waals surface area contributed by atoms with Gasteiger partial charge in [-0.1, -0.05) is 18.2 Å². The average molecular weight is 339 g/mol. The van der Waals surface area contributed by atoms with Crippen molar-refractivity contribution in [3.8, 4) is 0 Å². The van der Waals surface area contributed by atoms with E-state index in [0.29, 0.717) is 17.0 Å². The largest absolute Gasteiger partial charge is 0.353 e. The zero-order chi connectivity index (χ0) is 17.4. The molecule has 0 saturated heterocycles. The number of benzene rings is 1. The molecule has 2 heterocycles. The van der Waals surface area contributed by atoms with Gasteiger partial charge >= 0.3 is 0 Å². The van der Waals surface area contributed by atoms with Gasteiger partial charge in [-0.25, -0.2) is 4.39 Å². The summed E-state index contributed by atoms with van der Waals surface area (Å²) in [6.07, 6.45) is 6.30. The number of H-pyrrole nitrogens is 1. The lowest BCUT2D eigenvalue weighted by atomic mass is 9.91. The molecule has 1 unspecified atom stereocenters. The number of halogens is 1. The van der Waals surface area contributed by atoms with Crippen molar-refractivity contribution in [2.75, 3.05) is 5.32 Å². The van der Waals surface area contributed by atoms with Crippen LogP contribution in [-0.2, 0) is 7.05 Å². The highest BCUT2D eigenvalue weighted by atomic mass is 19.1. The number of allylic oxidation sites excluding steroid dienone is 1. The number of hydrogen-bond acceptors (Lipinski definition) is 4. The lowest BCUT2D eigenvalue weighted by Gasteiger charge is -2.23. The minimum absolute atomic E-state index is 0.193. The average Bonchev–Trinajstić information content (AvgIpc) is 2.98. The Labute approximate surface area is 143 Å². The van der Waals surface area contributed by atoms with Crippen LogP contribution in [-0.4, -0.2) is 25.8 Å². The maximum absolute atomic E-state index is 13.0. The zero-order valence-corrected chi connectivity index (χ0v) is 13.8. The Morgan fingerprint density at radius 2 is 2.12 bits per heavy atom. The van der Waals surface area contributed by atoms with E-state index >= 15 is 0 Å². The Kier molecular flexibility index (Phi) is 3.83. The van der Waals surface area contributed by atoms with Gasteiger partial charge in [-0.3, -0.25) is 14.5 Å². The summed E-state index contributed by atoms with van der Waals surface area (Å²) in [5, 5.41) is 7.85. The second-order valence-corrected chi connectivity index (χ2v) is 6.27. The van der Waals surface area contributed by atoms with Crippen molar-refractivity contribution in [1.29, 1.82) is 0 Å². The molecule has 1 aliphatic rings. The highest BCUT2D eigenvalue weighted by Gasteiger charge is 2.17. The summed E-state index contributed by atoms with van der Waals surface area (Å²) in [4.78, 5) is 19.3. The number of aryl methyl sites for hydroxylation is 1. The van der Waals surface area contributed by atoms with E-state index in [2.05, 4.69) is 26.5 Å². The van der Waals surface area contributed by atoms with E-state index < -0.39 is 0 Å². The third-order valence-corrected chi connectivity index (χ3v) is 4.57. The molecule has 0 aliphatic heterocycles. The van der Waals surface area contributed by atoms with Gasteiger partial charge in [0.15, 0.2) is 5.65 Å². The molecule has 3 aromatic rings. The fourth-order valence-electron chi connectivity index (χ4n) is 3.19. The summed E-state index contributed by atoms with van der Waals surface area (Å²) in [6.45, 7) is 0. The van der Waals surface area contributed by atoms with Gasteiger partial charge in [-0.05, 0) is 42.5 Å². The van der Waals surface area contributed by atoms with E-state index in [1.54, 1.807) is 11.7 Å². The predicted octanol–water partition coefficient (Wildman–Crippen LogP) is 2.84. The minimum Gasteiger partial charge on any atom is -0.353 e. The Balaban J connectivity index is 1.51. The van der Waals surface area contributed by atoms with E-state index in [1.807, 2.05) is 12.1 Å². The molecule has 0 fully saturated rings. The van der Waals surface area contributed by atoms with Gasteiger partial charge in [0.05, 0.1) is 6.20 Å². The van der Waals surface area contributed by atoms with Crippen LogP contribution in [0.25, 0.3) is 16.6 Å². The van der Waals surface area contributed by atoms with E-state index in [4.69, 9.17) is 0 Å². The van der Waals surface area contributed by atoms with Crippen LogP contribution >= 0.6 is 0 Å². The third kappa shape index (κ3) is 3.05. The maximum atomic E-state index is 13.0. The molecule has 1 aliphatic carbocycles. The van der Waals surface area contributed by atoms with Gasteiger partial charge in [0.2, 0.25) is 5.95 Å². The summed E-state index contributed by atoms with van der Waals surface area (Å²) < 4.78 is 14.6. The molecular weight excluding hydrogens is 321 g/mol. The van der Waals surface area contributed by atoms with E-state index in [-0.39, 0.29) is 17.4 Å². The Morgan fingerprint density at radius 1 is 1.32 bits per heavy atom. The first-order valence-corrected chi connectivity index (χ1v) is 8.24. The summed E-state index contributed by atoms with van der Waals surface area (Å²) in [5.74, 6) is 0.241. The number of nitrogens with zero attached hydrogens (tertiary/aromatic N) is 3. The first kappa shape index (κ1) is 15.6. The molecule has 2 N–H and O–H groups in total. The first-order valence-electron chi connectivity index (χ1n) is 8.24. The summed E-state index contributed by atoms with van der Waals surface area (Å²) >= 11 is 0. The maximum Gasteiger partial charge on any atom is 0.263 e. The van der Waals surface area contributed by atoms with Gasteiger partial charge < -0.3 is 5.32 Å². The van der Waals surface area contributed by atoms with Gasteiger partial charge in [0, 0.05) is 13.1 Å². The second-order valence-electron chi connectivity index (χ2n) is 6.27. The molecule has 6 nitrogen and oxygen atoms in total. The molecule has 1 atom stereocenters. The Bertz CT molecular complexity index is 1000. The number of fused-ring (bicyclic) bond motifs is 1. The van der Waals surface area contributed by atoms with Crippen molar-refractivity contribution in [3.63, 3.8) is 0 Å². The van der Waals surface area contributed by atoms with Crippen LogP contribution in [0.1, 0.15) is 24.8 Å². The van der Waals surface area contributed by atoms with Crippen LogP contribution in [0.5, 0.6) is 0 Å². The van der Waals surface area contributed by atoms with Crippen molar-refractivity contribution >= 4 is 22.6 Å². The normalized spacial score (nSPS) is 17.5. The number of anilines is 1. The van der Waals surface area contributed by atoms with Gasteiger partial charge in [-0.15, -0.1) is 0 Å². The van der Waals surface area contributed by atoms with Crippen molar-refractivity contribution in [3.05, 3.63) is 58.3 Å². The minimum atomic E-state index is -0.222. The van der Waals surface area contributed by atoms with Crippen LogP contribution in [0.3, 0.4) is 0 Å². The highest BCUT2D eigenvalue weighted by molar-refractivity contribution is 5.74. The van der Waals surface area contributed by atoms with Crippen molar-refractivity contribution in [1.82, 2.24) is 19.7 Å². The molecule has 0 amide bonds. The van der Waals surface area contributed by atoms with Crippen LogP contribution < -0.4 is 10.9 Å². The standard InChI is InChI=1S/C18H18FN5O/c1-24-16-15(10-20-24)17(25)23-18(22-16)21-14-8-4-12(5-9-14)11-2-6-13(19)7-3-11/h2-4,6-7,10,14H,5,8-9H2,1H3,(H2,21,22,23,25). The summed E-state index contributed by atoms with van der Waals surface area (Å²) in [7, 11) is 1.76. The predicted molar refractivity (Wildman–Crippen MR) is 94.8 cm³/mol. The van der Waals surface area contributed by atoms with Crippen molar-refractivity contribution < 1.29 is 4.39 Å². The lowest BCUT2D eigenvalue weighted by molar-refractivity contribution is 0.627. The molecule has 0 radical (unpaired) electrons. The molecule has 25 heavy (non-hydrogen) atoms. The fourth-order valence-corrected chi connectivity index (χ4v) is 3.19. The molecule has 0 bridgehead atoms. The third-order valence-electron chi connectivity index (χ3n) is 4.57. The molecule has 7 heteroatoms. The molecular formula is C18H18FN5O. The molecule has 0 saturated carbocycles. The Hall–Kier alpha value is -2.96. The highest BCUT2D eigenvalue weighted by Crippen LogP contribution is 2.28. The van der Waals surface area contributed by atoms with E-state index in [1.165, 1.54) is 23.9 Å². The smallest absolute Gasteiger partial charge is 0.263 e. The van der Waals surface area contributed by atoms with Gasteiger partial charge in [0.25, 0.3) is 5.56 Å². The number of hydrogen-bond donors (Lipinski definition) is 2. The first-order chi connectivity index (χ1) is 12.1. The monoisotopic (exact) mass is 339 g/mol. The van der Waals surface area contributed by atoms with Crippen LogP contribution in [0.15, 0.2) is 41.3 Å². The Morgan fingerprint density at radius 3 is 2.84 bits per heavy atom. The van der Waals surface area contributed by atoms with Crippen molar-refractivity contribution in [2.24, 2.45) is 7.05 Å². The van der Waals surface area contributed by atoms with Gasteiger partial charge in [-0.2, -0.15) is 10.1 Å². The number of nitrogens with one attached hydrogen (secondary N) is 2. The molecule has 2 aromatic heterocycles. The van der Waals surface area contributed by atoms with Crippen LogP contribution in [0, 0.1) is 5.82 Å². The van der Waals surface area contributed by atoms with E-state index in [0.717, 1.165) is 24.8 Å². The van der Waals surface area contributed by atoms with Crippen LogP contribution in [0.4, 0.5) is 10.3 Å². The molecule has 1 aromatic carbocycles. The molecule has 0 spiro atoms. The lowest BCUT2D eigenvalue weighted by Crippen LogP contribution is -2.24. The number of rotatable bonds is 3.